The molecule has 0 bridgehead atoms. The summed E-state index contributed by atoms with van der Waals surface area (Å²) in [7, 11) is 0. The van der Waals surface area contributed by atoms with Gasteiger partial charge in [0.25, 0.3) is 0 Å². The molecule has 2 rings (SSSR count). The highest BCUT2D eigenvalue weighted by molar-refractivity contribution is 8.06. The molecule has 0 radical (unpaired) electrons. The van der Waals surface area contributed by atoms with Gasteiger partial charge in [0.15, 0.2) is 0 Å². The van der Waals surface area contributed by atoms with Crippen LogP contribution in [-0.2, 0) is 6.42 Å². The van der Waals surface area contributed by atoms with E-state index in [1.54, 1.807) is 0 Å². The molecule has 0 aromatic heterocycles. The van der Waals surface area contributed by atoms with E-state index >= 15 is 0 Å². The first-order valence-electron chi connectivity index (χ1n) is 4.57. The van der Waals surface area contributed by atoms with Gasteiger partial charge in [-0.1, -0.05) is 12.1 Å². The first kappa shape index (κ1) is 8.95. The van der Waals surface area contributed by atoms with Gasteiger partial charge in [0.05, 0.1) is 0 Å². The first-order valence-corrected chi connectivity index (χ1v) is 5.62. The van der Waals surface area contributed by atoms with Crippen LogP contribution in [0.5, 0.6) is 5.75 Å². The second kappa shape index (κ2) is 3.26. The Morgan fingerprint density at radius 1 is 1.38 bits per heavy atom. The van der Waals surface area contributed by atoms with Crippen molar-refractivity contribution in [1.82, 2.24) is 0 Å². The summed E-state index contributed by atoms with van der Waals surface area (Å²) in [6, 6.07) is 4.20. The molecule has 0 amide bonds. The second-order valence-corrected chi connectivity index (χ2v) is 5.07. The van der Waals surface area contributed by atoms with E-state index in [-0.39, 0.29) is 0 Å². The van der Waals surface area contributed by atoms with Crippen LogP contribution in [-0.4, -0.2) is 16.1 Å². The van der Waals surface area contributed by atoms with Crippen molar-refractivity contribution >= 4 is 11.8 Å². The van der Waals surface area contributed by atoms with Crippen LogP contribution >= 0.6 is 11.8 Å². The molecule has 1 heterocycles. The molecule has 1 aliphatic heterocycles. The zero-order valence-corrected chi connectivity index (χ0v) is 8.82. The monoisotopic (exact) mass is 194 g/mol. The van der Waals surface area contributed by atoms with Crippen molar-refractivity contribution in [2.45, 2.75) is 25.5 Å². The predicted molar refractivity (Wildman–Crippen MR) is 57.5 cm³/mol. The van der Waals surface area contributed by atoms with Gasteiger partial charge in [-0.25, -0.2) is 0 Å². The number of thioether (sulfide) groups is 1. The van der Waals surface area contributed by atoms with Crippen molar-refractivity contribution in [3.8, 4) is 5.75 Å². The van der Waals surface area contributed by atoms with Crippen LogP contribution in [0.2, 0.25) is 0 Å². The summed E-state index contributed by atoms with van der Waals surface area (Å²) in [5, 5.41) is 10.4. The lowest BCUT2D eigenvalue weighted by molar-refractivity contribution is 0.466. The van der Waals surface area contributed by atoms with Crippen molar-refractivity contribution in [2.24, 2.45) is 0 Å². The minimum Gasteiger partial charge on any atom is -0.507 e. The van der Waals surface area contributed by atoms with Crippen LogP contribution < -0.4 is 0 Å². The average Bonchev–Trinajstić information content (AvgIpc) is 2.84. The maximum atomic E-state index is 9.58. The second-order valence-electron chi connectivity index (χ2n) is 3.74. The van der Waals surface area contributed by atoms with Crippen molar-refractivity contribution in [1.29, 1.82) is 0 Å². The maximum Gasteiger partial charge on any atom is 0.121 e. The van der Waals surface area contributed by atoms with Crippen molar-refractivity contribution < 1.29 is 5.11 Å². The van der Waals surface area contributed by atoms with Crippen LogP contribution in [0.15, 0.2) is 12.1 Å². The summed E-state index contributed by atoms with van der Waals surface area (Å²) in [5.41, 5.74) is 3.36. The normalized spacial score (nSPS) is 20.3. The molecule has 1 aliphatic rings. The minimum atomic E-state index is 0.451. The van der Waals surface area contributed by atoms with E-state index in [9.17, 15) is 5.11 Å². The van der Waals surface area contributed by atoms with Gasteiger partial charge in [-0.2, -0.15) is 11.8 Å². The highest BCUT2D eigenvalue weighted by Crippen LogP contribution is 2.34. The molecule has 0 spiro atoms. The smallest absolute Gasteiger partial charge is 0.121 e. The number of phenolic OH excluding ortho intramolecular Hbond substituents is 1. The Kier molecular flexibility index (Phi) is 2.24. The third kappa shape index (κ3) is 1.99. The summed E-state index contributed by atoms with van der Waals surface area (Å²) in [6.45, 7) is 3.93. The summed E-state index contributed by atoms with van der Waals surface area (Å²) < 4.78 is 0. The minimum absolute atomic E-state index is 0.451. The van der Waals surface area contributed by atoms with Crippen LogP contribution in [0.1, 0.15) is 16.7 Å². The molecule has 1 saturated heterocycles. The summed E-state index contributed by atoms with van der Waals surface area (Å²) >= 11 is 2.02. The molecule has 0 aliphatic carbocycles. The summed E-state index contributed by atoms with van der Waals surface area (Å²) in [5.74, 6) is 1.76. The Labute approximate surface area is 83.2 Å². The number of aryl methyl sites for hydroxylation is 2. The fraction of sp³-hybridized carbons (Fsp3) is 0.455. The van der Waals surface area contributed by atoms with Crippen LogP contribution in [0.4, 0.5) is 0 Å². The SMILES string of the molecule is Cc1cc(CC2CS2)cc(C)c1O. The summed E-state index contributed by atoms with van der Waals surface area (Å²) in [6.07, 6.45) is 1.16. The largest absolute Gasteiger partial charge is 0.507 e. The first-order chi connectivity index (χ1) is 6.16. The van der Waals surface area contributed by atoms with Crippen LogP contribution in [0, 0.1) is 13.8 Å². The van der Waals surface area contributed by atoms with E-state index in [4.69, 9.17) is 0 Å². The number of rotatable bonds is 2. The fourth-order valence-corrected chi connectivity index (χ4v) is 2.18. The molecular weight excluding hydrogens is 180 g/mol. The topological polar surface area (TPSA) is 20.2 Å². The van der Waals surface area contributed by atoms with E-state index in [2.05, 4.69) is 12.1 Å². The van der Waals surface area contributed by atoms with E-state index in [1.165, 1.54) is 11.3 Å². The molecular formula is C11H14OS. The quantitative estimate of drug-likeness (QED) is 0.730. The third-order valence-corrected chi connectivity index (χ3v) is 3.39. The lowest BCUT2D eigenvalue weighted by atomic mass is 10.0. The molecule has 1 nitrogen and oxygen atoms in total. The lowest BCUT2D eigenvalue weighted by Crippen LogP contribution is -1.93. The fourth-order valence-electron chi connectivity index (χ4n) is 1.61. The van der Waals surface area contributed by atoms with Gasteiger partial charge >= 0.3 is 0 Å². The molecule has 1 atom stereocenters. The number of benzene rings is 1. The molecule has 2 heteroatoms. The zero-order chi connectivity index (χ0) is 9.42. The molecule has 1 fully saturated rings. The Hall–Kier alpha value is -0.630. The molecule has 0 saturated carbocycles. The Balaban J connectivity index is 2.25. The maximum absolute atomic E-state index is 9.58. The van der Waals surface area contributed by atoms with E-state index in [0.717, 1.165) is 22.8 Å². The van der Waals surface area contributed by atoms with Crippen molar-refractivity contribution in [3.05, 3.63) is 28.8 Å². The highest BCUT2D eigenvalue weighted by Gasteiger charge is 2.22. The number of aromatic hydroxyl groups is 1. The van der Waals surface area contributed by atoms with E-state index in [0.29, 0.717) is 5.75 Å². The van der Waals surface area contributed by atoms with Gasteiger partial charge < -0.3 is 5.11 Å². The Morgan fingerprint density at radius 3 is 2.38 bits per heavy atom. The number of hydrogen-bond donors (Lipinski definition) is 1. The predicted octanol–water partition coefficient (Wildman–Crippen LogP) is 2.67. The molecule has 1 unspecified atom stereocenters. The number of phenols is 1. The summed E-state index contributed by atoms with van der Waals surface area (Å²) in [4.78, 5) is 0. The van der Waals surface area contributed by atoms with Crippen LogP contribution in [0.3, 0.4) is 0 Å². The lowest BCUT2D eigenvalue weighted by Gasteiger charge is -2.06. The van der Waals surface area contributed by atoms with E-state index < -0.39 is 0 Å². The Bertz CT molecular complexity index is 306. The van der Waals surface area contributed by atoms with Gasteiger partial charge in [0.2, 0.25) is 0 Å². The van der Waals surface area contributed by atoms with E-state index in [1.807, 2.05) is 25.6 Å². The molecule has 1 aromatic carbocycles. The molecule has 13 heavy (non-hydrogen) atoms. The molecule has 1 N–H and O–H groups in total. The molecule has 1 aromatic rings. The highest BCUT2D eigenvalue weighted by atomic mass is 32.2. The Morgan fingerprint density at radius 2 is 1.92 bits per heavy atom. The van der Waals surface area contributed by atoms with Gasteiger partial charge in [0.1, 0.15) is 5.75 Å². The van der Waals surface area contributed by atoms with Crippen LogP contribution in [0.25, 0.3) is 0 Å². The molecule has 70 valence electrons. The van der Waals surface area contributed by atoms with Crippen molar-refractivity contribution in [3.63, 3.8) is 0 Å². The zero-order valence-electron chi connectivity index (χ0n) is 8.00. The number of hydrogen-bond acceptors (Lipinski definition) is 2. The van der Waals surface area contributed by atoms with Gasteiger partial charge in [-0.3, -0.25) is 0 Å². The van der Waals surface area contributed by atoms with Gasteiger partial charge in [0, 0.05) is 11.0 Å². The van der Waals surface area contributed by atoms with Gasteiger partial charge in [-0.15, -0.1) is 0 Å². The standard InChI is InChI=1S/C11H14OS/c1-7-3-9(5-10-6-13-10)4-8(2)11(7)12/h3-4,10,12H,5-6H2,1-2H3. The third-order valence-electron chi connectivity index (χ3n) is 2.42. The van der Waals surface area contributed by atoms with Gasteiger partial charge in [-0.05, 0) is 37.0 Å². The van der Waals surface area contributed by atoms with Crippen molar-refractivity contribution in [2.75, 3.05) is 5.75 Å². The average molecular weight is 194 g/mol.